The average molecular weight is 293 g/mol. The molecule has 3 rings (SSSR count). The van der Waals surface area contributed by atoms with Crippen LogP contribution in [0.2, 0.25) is 0 Å². The van der Waals surface area contributed by atoms with Gasteiger partial charge in [0.1, 0.15) is 5.75 Å². The Labute approximate surface area is 127 Å². The van der Waals surface area contributed by atoms with E-state index in [1.54, 1.807) is 31.4 Å². The fourth-order valence-corrected chi connectivity index (χ4v) is 2.21. The summed E-state index contributed by atoms with van der Waals surface area (Å²) in [5.41, 5.74) is 2.25. The van der Waals surface area contributed by atoms with Crippen LogP contribution in [0.25, 0.3) is 23.1 Å². The number of methoxy groups -OCH3 is 1. The highest BCUT2D eigenvalue weighted by molar-refractivity contribution is 5.78. The summed E-state index contributed by atoms with van der Waals surface area (Å²) in [6.07, 6.45) is 3.51. The van der Waals surface area contributed by atoms with Crippen LogP contribution < -0.4 is 10.4 Å². The minimum absolute atomic E-state index is 0.281. The van der Waals surface area contributed by atoms with E-state index in [0.717, 1.165) is 16.9 Å². The van der Waals surface area contributed by atoms with Crippen LogP contribution in [0.4, 0.5) is 0 Å². The van der Waals surface area contributed by atoms with Crippen molar-refractivity contribution in [1.82, 2.24) is 4.98 Å². The molecule has 0 aliphatic heterocycles. The molecule has 0 bridgehead atoms. The summed E-state index contributed by atoms with van der Waals surface area (Å²) in [6, 6.07) is 13.0. The molecule has 0 saturated heterocycles. The number of fused-ring (bicyclic) bond motifs is 1. The van der Waals surface area contributed by atoms with Crippen LogP contribution >= 0.6 is 0 Å². The third-order valence-corrected chi connectivity index (χ3v) is 3.40. The number of aryl methyl sites for hydroxylation is 1. The maximum absolute atomic E-state index is 11.9. The minimum atomic E-state index is -0.383. The summed E-state index contributed by atoms with van der Waals surface area (Å²) < 4.78 is 10.5. The Morgan fingerprint density at radius 2 is 1.95 bits per heavy atom. The van der Waals surface area contributed by atoms with Gasteiger partial charge >= 0.3 is 5.63 Å². The zero-order chi connectivity index (χ0) is 15.5. The van der Waals surface area contributed by atoms with Crippen LogP contribution in [0.5, 0.6) is 5.75 Å². The number of benzene rings is 2. The topological polar surface area (TPSA) is 52.3 Å². The third kappa shape index (κ3) is 2.76. The summed E-state index contributed by atoms with van der Waals surface area (Å²) in [7, 11) is 1.64. The van der Waals surface area contributed by atoms with E-state index in [2.05, 4.69) is 4.98 Å². The van der Waals surface area contributed by atoms with Gasteiger partial charge in [0.25, 0.3) is 0 Å². The maximum Gasteiger partial charge on any atom is 0.347 e. The predicted molar refractivity (Wildman–Crippen MR) is 86.9 cm³/mol. The Balaban J connectivity index is 1.97. The molecule has 110 valence electrons. The lowest BCUT2D eigenvalue weighted by Gasteiger charge is -2.04. The van der Waals surface area contributed by atoms with Gasteiger partial charge in [0.15, 0.2) is 0 Å². The second kappa shape index (κ2) is 5.85. The molecule has 0 atom stereocenters. The molecule has 0 fully saturated rings. The molecule has 0 radical (unpaired) electrons. The molecule has 0 spiro atoms. The van der Waals surface area contributed by atoms with Gasteiger partial charge in [-0.1, -0.05) is 24.3 Å². The molecule has 0 aliphatic rings. The molecule has 3 aromatic rings. The molecule has 22 heavy (non-hydrogen) atoms. The molecule has 0 N–H and O–H groups in total. The summed E-state index contributed by atoms with van der Waals surface area (Å²) in [5.74, 6) is 1.10. The molecule has 4 heteroatoms. The molecular formula is C18H15NO3. The van der Waals surface area contributed by atoms with Crippen LogP contribution in [-0.4, -0.2) is 12.1 Å². The SMILES string of the molecule is COc1cc(/C=C/c2nc3ccccc3c(=O)o2)ccc1C. The highest BCUT2D eigenvalue weighted by Crippen LogP contribution is 2.20. The van der Waals surface area contributed by atoms with Crippen molar-refractivity contribution in [1.29, 1.82) is 0 Å². The Hall–Kier alpha value is -2.88. The normalized spacial score (nSPS) is 11.2. The molecular weight excluding hydrogens is 278 g/mol. The number of hydrogen-bond acceptors (Lipinski definition) is 4. The number of ether oxygens (including phenoxy) is 1. The van der Waals surface area contributed by atoms with Gasteiger partial charge in [0.05, 0.1) is 18.0 Å². The zero-order valence-electron chi connectivity index (χ0n) is 12.4. The van der Waals surface area contributed by atoms with E-state index in [0.29, 0.717) is 10.9 Å². The highest BCUT2D eigenvalue weighted by Gasteiger charge is 2.03. The first-order valence-corrected chi connectivity index (χ1v) is 6.90. The zero-order valence-corrected chi connectivity index (χ0v) is 12.4. The van der Waals surface area contributed by atoms with Crippen LogP contribution in [-0.2, 0) is 0 Å². The molecule has 0 aliphatic carbocycles. The van der Waals surface area contributed by atoms with Crippen LogP contribution in [0.3, 0.4) is 0 Å². The Bertz CT molecular complexity index is 910. The fraction of sp³-hybridized carbons (Fsp3) is 0.111. The summed E-state index contributed by atoms with van der Waals surface area (Å²) in [6.45, 7) is 1.98. The average Bonchev–Trinajstić information content (AvgIpc) is 2.54. The number of hydrogen-bond donors (Lipinski definition) is 0. The van der Waals surface area contributed by atoms with E-state index in [4.69, 9.17) is 9.15 Å². The standard InChI is InChI=1S/C18H15NO3/c1-12-7-8-13(11-16(12)21-2)9-10-17-19-15-6-4-3-5-14(15)18(20)22-17/h3-11H,1-2H3/b10-9+. The third-order valence-electron chi connectivity index (χ3n) is 3.40. The monoisotopic (exact) mass is 293 g/mol. The molecule has 0 unspecified atom stereocenters. The first-order valence-electron chi connectivity index (χ1n) is 6.90. The summed E-state index contributed by atoms with van der Waals surface area (Å²) in [5, 5.41) is 0.483. The molecule has 0 saturated carbocycles. The smallest absolute Gasteiger partial charge is 0.347 e. The number of rotatable bonds is 3. The van der Waals surface area contributed by atoms with Crippen molar-refractivity contribution in [3.8, 4) is 5.75 Å². The number of aromatic nitrogens is 1. The van der Waals surface area contributed by atoms with E-state index < -0.39 is 0 Å². The van der Waals surface area contributed by atoms with Crippen molar-refractivity contribution >= 4 is 23.1 Å². The van der Waals surface area contributed by atoms with E-state index >= 15 is 0 Å². The van der Waals surface area contributed by atoms with Crippen LogP contribution in [0.1, 0.15) is 17.0 Å². The second-order valence-corrected chi connectivity index (χ2v) is 4.92. The van der Waals surface area contributed by atoms with Gasteiger partial charge in [-0.05, 0) is 42.3 Å². The van der Waals surface area contributed by atoms with Crippen molar-refractivity contribution < 1.29 is 9.15 Å². The largest absolute Gasteiger partial charge is 0.496 e. The Morgan fingerprint density at radius 3 is 2.77 bits per heavy atom. The molecule has 4 nitrogen and oxygen atoms in total. The lowest BCUT2D eigenvalue weighted by Crippen LogP contribution is -2.02. The van der Waals surface area contributed by atoms with Crippen molar-refractivity contribution in [2.45, 2.75) is 6.92 Å². The maximum atomic E-state index is 11.9. The summed E-state index contributed by atoms with van der Waals surface area (Å²) >= 11 is 0. The highest BCUT2D eigenvalue weighted by atomic mass is 16.5. The van der Waals surface area contributed by atoms with E-state index in [9.17, 15) is 4.79 Å². The quantitative estimate of drug-likeness (QED) is 0.739. The van der Waals surface area contributed by atoms with Crippen LogP contribution in [0.15, 0.2) is 51.7 Å². The number of nitrogens with zero attached hydrogens (tertiary/aromatic N) is 1. The Morgan fingerprint density at radius 1 is 1.14 bits per heavy atom. The van der Waals surface area contributed by atoms with Crippen molar-refractivity contribution in [2.75, 3.05) is 7.11 Å². The van der Waals surface area contributed by atoms with Crippen LogP contribution in [0, 0.1) is 6.92 Å². The van der Waals surface area contributed by atoms with Crippen molar-refractivity contribution in [3.05, 3.63) is 69.9 Å². The van der Waals surface area contributed by atoms with Gasteiger partial charge in [0.2, 0.25) is 5.89 Å². The molecule has 2 aromatic carbocycles. The fourth-order valence-electron chi connectivity index (χ4n) is 2.21. The Kier molecular flexibility index (Phi) is 3.74. The minimum Gasteiger partial charge on any atom is -0.496 e. The summed E-state index contributed by atoms with van der Waals surface area (Å²) in [4.78, 5) is 16.2. The first-order chi connectivity index (χ1) is 10.7. The molecule has 0 amide bonds. The van der Waals surface area contributed by atoms with Crippen molar-refractivity contribution in [2.24, 2.45) is 0 Å². The predicted octanol–water partition coefficient (Wildman–Crippen LogP) is 3.68. The van der Waals surface area contributed by atoms with Gasteiger partial charge < -0.3 is 9.15 Å². The number of para-hydroxylation sites is 1. The van der Waals surface area contributed by atoms with Gasteiger partial charge in [0, 0.05) is 6.08 Å². The van der Waals surface area contributed by atoms with Gasteiger partial charge in [-0.2, -0.15) is 0 Å². The van der Waals surface area contributed by atoms with Gasteiger partial charge in [-0.15, -0.1) is 0 Å². The van der Waals surface area contributed by atoms with E-state index in [-0.39, 0.29) is 11.5 Å². The van der Waals surface area contributed by atoms with Crippen molar-refractivity contribution in [3.63, 3.8) is 0 Å². The van der Waals surface area contributed by atoms with Gasteiger partial charge in [-0.3, -0.25) is 0 Å². The van der Waals surface area contributed by atoms with Gasteiger partial charge in [-0.25, -0.2) is 9.78 Å². The second-order valence-electron chi connectivity index (χ2n) is 4.92. The van der Waals surface area contributed by atoms with E-state index in [1.165, 1.54) is 0 Å². The molecule has 1 heterocycles. The first kappa shape index (κ1) is 14.1. The lowest BCUT2D eigenvalue weighted by atomic mass is 10.1. The lowest BCUT2D eigenvalue weighted by molar-refractivity contribution is 0.411. The van der Waals surface area contributed by atoms with E-state index in [1.807, 2.05) is 37.3 Å². The molecule has 1 aromatic heterocycles.